The molecule has 2 heterocycles. The predicted octanol–water partition coefficient (Wildman–Crippen LogP) is 3.85. The summed E-state index contributed by atoms with van der Waals surface area (Å²) in [6, 6.07) is 16.5. The second kappa shape index (κ2) is 15.6. The van der Waals surface area contributed by atoms with E-state index in [1.165, 1.54) is 6.07 Å². The van der Waals surface area contributed by atoms with Crippen LogP contribution >= 0.6 is 0 Å². The third kappa shape index (κ3) is 9.07. The first kappa shape index (κ1) is 32.0. The molecule has 0 unspecified atom stereocenters. The van der Waals surface area contributed by atoms with Crippen molar-refractivity contribution >= 4 is 11.9 Å². The second-order valence-electron chi connectivity index (χ2n) is 10.9. The quantitative estimate of drug-likeness (QED) is 0.340. The number of urea groups is 1. The van der Waals surface area contributed by atoms with Crippen LogP contribution in [-0.4, -0.2) is 82.6 Å². The fourth-order valence-corrected chi connectivity index (χ4v) is 5.30. The number of halogens is 1. The Labute approximate surface area is 261 Å². The number of rotatable bonds is 7. The summed E-state index contributed by atoms with van der Waals surface area (Å²) in [5.74, 6) is 1.41. The van der Waals surface area contributed by atoms with Gasteiger partial charge < -0.3 is 39.6 Å². The van der Waals surface area contributed by atoms with Gasteiger partial charge >= 0.3 is 6.03 Å². The highest BCUT2D eigenvalue weighted by molar-refractivity contribution is 5.95. The van der Waals surface area contributed by atoms with Crippen molar-refractivity contribution in [1.82, 2.24) is 20.9 Å². The summed E-state index contributed by atoms with van der Waals surface area (Å²) in [7, 11) is 3.13. The molecule has 0 aliphatic carbocycles. The Kier molecular flexibility index (Phi) is 11.1. The van der Waals surface area contributed by atoms with Crippen molar-refractivity contribution in [3.05, 3.63) is 83.2 Å². The van der Waals surface area contributed by atoms with Crippen molar-refractivity contribution in [2.45, 2.75) is 31.7 Å². The molecule has 0 saturated carbocycles. The number of ether oxygens (including phenoxy) is 5. The van der Waals surface area contributed by atoms with Crippen LogP contribution < -0.4 is 30.2 Å². The number of amides is 3. The lowest BCUT2D eigenvalue weighted by Crippen LogP contribution is -2.56. The number of likely N-dealkylation sites (tertiary alicyclic amines) is 1. The van der Waals surface area contributed by atoms with Crippen LogP contribution in [0.25, 0.3) is 0 Å². The SMILES string of the molecule is COCCOc1cc2cc(c1)C(=O)NCCNC(=O)N[C@H]1CCN(Cc3cc(OC)ccc3F)C[C@@H]1OCc1cccc(c1)O2. The van der Waals surface area contributed by atoms with E-state index in [0.717, 1.165) is 5.56 Å². The molecule has 2 atom stereocenters. The topological polar surface area (TPSA) is 120 Å². The summed E-state index contributed by atoms with van der Waals surface area (Å²) in [4.78, 5) is 27.9. The van der Waals surface area contributed by atoms with Gasteiger partial charge in [0.15, 0.2) is 0 Å². The number of fused-ring (bicyclic) bond motifs is 5. The maximum atomic E-state index is 14.6. The van der Waals surface area contributed by atoms with E-state index in [0.29, 0.717) is 73.4 Å². The molecule has 5 rings (SSSR count). The molecule has 2 aliphatic rings. The van der Waals surface area contributed by atoms with Crippen LogP contribution in [0.5, 0.6) is 23.0 Å². The first-order chi connectivity index (χ1) is 21.9. The molecule has 0 radical (unpaired) electrons. The number of carbonyl (C=O) groups is 2. The Morgan fingerprint density at radius 1 is 0.956 bits per heavy atom. The predicted molar refractivity (Wildman–Crippen MR) is 164 cm³/mol. The van der Waals surface area contributed by atoms with Crippen molar-refractivity contribution in [1.29, 1.82) is 0 Å². The lowest BCUT2D eigenvalue weighted by molar-refractivity contribution is -0.0305. The highest BCUT2D eigenvalue weighted by atomic mass is 19.1. The van der Waals surface area contributed by atoms with Crippen LogP contribution in [-0.2, 0) is 22.6 Å². The van der Waals surface area contributed by atoms with E-state index in [-0.39, 0.29) is 49.6 Å². The van der Waals surface area contributed by atoms with Crippen molar-refractivity contribution < 1.29 is 37.7 Å². The number of methoxy groups -OCH3 is 2. The molecular weight excluding hydrogens is 583 g/mol. The van der Waals surface area contributed by atoms with Crippen LogP contribution in [0.1, 0.15) is 27.9 Å². The Hall–Kier alpha value is -4.39. The van der Waals surface area contributed by atoms with Gasteiger partial charge in [-0.1, -0.05) is 12.1 Å². The first-order valence-corrected chi connectivity index (χ1v) is 14.9. The van der Waals surface area contributed by atoms with Crippen molar-refractivity contribution in [3.8, 4) is 23.0 Å². The van der Waals surface area contributed by atoms with Crippen LogP contribution in [0, 0.1) is 5.82 Å². The van der Waals surface area contributed by atoms with E-state index in [1.807, 2.05) is 24.3 Å². The molecule has 3 amide bonds. The number of hydrogen-bond acceptors (Lipinski definition) is 8. The standard InChI is InChI=1S/C33H39FN4O7/c1-41-12-13-43-27-15-23-16-28(18-27)45-26-5-3-4-22(14-26)21-44-31-20-38(19-24-17-25(42-2)6-7-29(24)34)11-8-30(31)37-33(40)36-10-9-35-32(23)39/h3-7,14-18,30-31H,8-13,19-21H2,1-2H3,(H,35,39)(H2,36,37,40)/t30-,31-/m0/s1. The minimum Gasteiger partial charge on any atom is -0.497 e. The van der Waals surface area contributed by atoms with Crippen molar-refractivity contribution in [3.63, 3.8) is 0 Å². The Morgan fingerprint density at radius 2 is 1.82 bits per heavy atom. The van der Waals surface area contributed by atoms with Gasteiger partial charge in [0, 0.05) is 57.0 Å². The summed E-state index contributed by atoms with van der Waals surface area (Å²) >= 11 is 0. The fourth-order valence-electron chi connectivity index (χ4n) is 5.30. The van der Waals surface area contributed by atoms with Gasteiger partial charge in [-0.05, 0) is 54.4 Å². The molecule has 12 heteroatoms. The summed E-state index contributed by atoms with van der Waals surface area (Å²) in [5, 5.41) is 8.67. The number of piperidine rings is 1. The molecule has 0 spiro atoms. The lowest BCUT2D eigenvalue weighted by Gasteiger charge is -2.38. The minimum absolute atomic E-state index is 0.212. The van der Waals surface area contributed by atoms with Crippen LogP contribution in [0.15, 0.2) is 60.7 Å². The molecule has 11 nitrogen and oxygen atoms in total. The normalized spacial score (nSPS) is 19.4. The fraction of sp³-hybridized carbons (Fsp3) is 0.394. The number of hydrogen-bond donors (Lipinski definition) is 3. The monoisotopic (exact) mass is 622 g/mol. The number of nitrogens with zero attached hydrogens (tertiary/aromatic N) is 1. The molecule has 2 aliphatic heterocycles. The van der Waals surface area contributed by atoms with Gasteiger partial charge in [0.25, 0.3) is 5.91 Å². The molecule has 0 aromatic heterocycles. The number of benzene rings is 3. The molecule has 1 fully saturated rings. The maximum absolute atomic E-state index is 14.6. The van der Waals surface area contributed by atoms with E-state index in [4.69, 9.17) is 23.7 Å². The summed E-state index contributed by atoms with van der Waals surface area (Å²) in [6.45, 7) is 2.87. The zero-order chi connectivity index (χ0) is 31.6. The number of nitrogens with one attached hydrogen (secondary N) is 3. The third-order valence-corrected chi connectivity index (χ3v) is 7.60. The third-order valence-electron chi connectivity index (χ3n) is 7.60. The molecule has 45 heavy (non-hydrogen) atoms. The smallest absolute Gasteiger partial charge is 0.315 e. The van der Waals surface area contributed by atoms with E-state index < -0.39 is 0 Å². The molecule has 3 aromatic rings. The molecule has 3 aromatic carbocycles. The first-order valence-electron chi connectivity index (χ1n) is 14.9. The van der Waals surface area contributed by atoms with Crippen LogP contribution in [0.2, 0.25) is 0 Å². The zero-order valence-corrected chi connectivity index (χ0v) is 25.5. The Morgan fingerprint density at radius 3 is 2.67 bits per heavy atom. The highest BCUT2D eigenvalue weighted by Gasteiger charge is 2.32. The van der Waals surface area contributed by atoms with Gasteiger partial charge in [-0.25, -0.2) is 9.18 Å². The van der Waals surface area contributed by atoms with Gasteiger partial charge in [0.1, 0.15) is 35.4 Å². The van der Waals surface area contributed by atoms with E-state index >= 15 is 0 Å². The largest absolute Gasteiger partial charge is 0.497 e. The van der Waals surface area contributed by atoms with E-state index in [1.54, 1.807) is 44.6 Å². The lowest BCUT2D eigenvalue weighted by atomic mass is 10.0. The summed E-state index contributed by atoms with van der Waals surface area (Å²) in [6.07, 6.45) is 0.234. The van der Waals surface area contributed by atoms with Gasteiger partial charge in [-0.15, -0.1) is 0 Å². The van der Waals surface area contributed by atoms with Gasteiger partial charge in [-0.3, -0.25) is 9.69 Å². The minimum atomic E-state index is -0.371. The maximum Gasteiger partial charge on any atom is 0.315 e. The average Bonchev–Trinajstić information content (AvgIpc) is 3.04. The molecule has 1 saturated heterocycles. The van der Waals surface area contributed by atoms with Crippen LogP contribution in [0.3, 0.4) is 0 Å². The van der Waals surface area contributed by atoms with Crippen LogP contribution in [0.4, 0.5) is 9.18 Å². The van der Waals surface area contributed by atoms with Gasteiger partial charge in [0.2, 0.25) is 0 Å². The Bertz CT molecular complexity index is 1470. The van der Waals surface area contributed by atoms with Gasteiger partial charge in [-0.2, -0.15) is 0 Å². The van der Waals surface area contributed by atoms with Crippen molar-refractivity contribution in [2.24, 2.45) is 0 Å². The summed E-state index contributed by atoms with van der Waals surface area (Å²) in [5.41, 5.74) is 1.74. The average molecular weight is 623 g/mol. The zero-order valence-electron chi connectivity index (χ0n) is 25.5. The molecule has 4 bridgehead atoms. The van der Waals surface area contributed by atoms with E-state index in [2.05, 4.69) is 20.9 Å². The Balaban J connectivity index is 1.35. The molecular formula is C33H39FN4O7. The molecule has 3 N–H and O–H groups in total. The second-order valence-corrected chi connectivity index (χ2v) is 10.9. The van der Waals surface area contributed by atoms with Crippen molar-refractivity contribution in [2.75, 3.05) is 53.6 Å². The van der Waals surface area contributed by atoms with Gasteiger partial charge in [0.05, 0.1) is 32.5 Å². The number of carbonyl (C=O) groups excluding carboxylic acids is 2. The molecule has 240 valence electrons. The summed E-state index contributed by atoms with van der Waals surface area (Å²) < 4.78 is 43.3. The van der Waals surface area contributed by atoms with E-state index in [9.17, 15) is 14.0 Å². The highest BCUT2D eigenvalue weighted by Crippen LogP contribution is 2.29.